The zero-order valence-corrected chi connectivity index (χ0v) is 18.9. The summed E-state index contributed by atoms with van der Waals surface area (Å²) >= 11 is 0. The van der Waals surface area contributed by atoms with Gasteiger partial charge in [-0.05, 0) is 43.9 Å². The zero-order chi connectivity index (χ0) is 22.5. The number of aromatic nitrogens is 4. The number of aromatic amines is 1. The van der Waals surface area contributed by atoms with Gasteiger partial charge in [-0.2, -0.15) is 10.1 Å². The molecule has 2 heterocycles. The monoisotopic (exact) mass is 428 g/mol. The van der Waals surface area contributed by atoms with Crippen LogP contribution < -0.4 is 16.1 Å². The summed E-state index contributed by atoms with van der Waals surface area (Å²) in [6.45, 7) is 9.15. The highest BCUT2D eigenvalue weighted by Gasteiger charge is 2.25. The first-order valence-electron chi connectivity index (χ1n) is 11.0. The SMILES string of the molecule is Bc1ccccc1C(=C)/C=C(/CNc1nc(C)cc(Nc2cc(C3CC3)[nH]n2)n1)OCC. The van der Waals surface area contributed by atoms with E-state index >= 15 is 0 Å². The summed E-state index contributed by atoms with van der Waals surface area (Å²) in [7, 11) is 2.08. The highest BCUT2D eigenvalue weighted by Crippen LogP contribution is 2.39. The number of nitrogens with zero attached hydrogens (tertiary/aromatic N) is 3. The van der Waals surface area contributed by atoms with Gasteiger partial charge < -0.3 is 15.4 Å². The lowest BCUT2D eigenvalue weighted by molar-refractivity contribution is 0.228. The number of anilines is 3. The molecule has 1 aromatic carbocycles. The molecule has 4 rings (SSSR count). The van der Waals surface area contributed by atoms with Crippen LogP contribution in [0.3, 0.4) is 0 Å². The number of aryl methyl sites for hydroxylation is 1. The topological polar surface area (TPSA) is 87.8 Å². The van der Waals surface area contributed by atoms with Crippen LogP contribution in [-0.2, 0) is 4.74 Å². The largest absolute Gasteiger partial charge is 0.496 e. The van der Waals surface area contributed by atoms with Crippen molar-refractivity contribution in [3.63, 3.8) is 0 Å². The van der Waals surface area contributed by atoms with Gasteiger partial charge in [-0.3, -0.25) is 5.10 Å². The zero-order valence-electron chi connectivity index (χ0n) is 18.9. The van der Waals surface area contributed by atoms with Crippen LogP contribution >= 0.6 is 0 Å². The van der Waals surface area contributed by atoms with Gasteiger partial charge >= 0.3 is 0 Å². The Labute approximate surface area is 189 Å². The van der Waals surface area contributed by atoms with E-state index in [2.05, 4.69) is 63.4 Å². The average molecular weight is 428 g/mol. The summed E-state index contributed by atoms with van der Waals surface area (Å²) in [4.78, 5) is 9.10. The number of benzene rings is 1. The Morgan fingerprint density at radius 3 is 2.81 bits per heavy atom. The minimum atomic E-state index is 0.454. The van der Waals surface area contributed by atoms with Gasteiger partial charge in [-0.15, -0.1) is 0 Å². The number of allylic oxidation sites excluding steroid dienone is 2. The minimum Gasteiger partial charge on any atom is -0.496 e. The molecule has 1 fully saturated rings. The van der Waals surface area contributed by atoms with E-state index in [4.69, 9.17) is 4.74 Å². The molecule has 0 unspecified atom stereocenters. The lowest BCUT2D eigenvalue weighted by Crippen LogP contribution is -2.12. The molecule has 0 amide bonds. The molecule has 0 atom stereocenters. The van der Waals surface area contributed by atoms with Crippen molar-refractivity contribution in [2.75, 3.05) is 23.8 Å². The molecule has 1 aliphatic rings. The van der Waals surface area contributed by atoms with Gasteiger partial charge in [0.15, 0.2) is 5.82 Å². The summed E-state index contributed by atoms with van der Waals surface area (Å²) < 4.78 is 5.84. The second kappa shape index (κ2) is 9.72. The third-order valence-electron chi connectivity index (χ3n) is 5.30. The molecule has 7 nitrogen and oxygen atoms in total. The Bertz CT molecular complexity index is 1140. The van der Waals surface area contributed by atoms with Gasteiger partial charge in [-0.25, -0.2) is 4.98 Å². The molecule has 3 aromatic rings. The highest BCUT2D eigenvalue weighted by atomic mass is 16.5. The summed E-state index contributed by atoms with van der Waals surface area (Å²) in [6.07, 6.45) is 4.43. The second-order valence-corrected chi connectivity index (χ2v) is 8.06. The quantitative estimate of drug-likeness (QED) is 0.261. The summed E-state index contributed by atoms with van der Waals surface area (Å²) in [6, 6.07) is 12.1. The van der Waals surface area contributed by atoms with E-state index in [-0.39, 0.29) is 0 Å². The third kappa shape index (κ3) is 5.57. The minimum absolute atomic E-state index is 0.454. The molecule has 0 aliphatic heterocycles. The van der Waals surface area contributed by atoms with Crippen LogP contribution in [0.1, 0.15) is 42.6 Å². The van der Waals surface area contributed by atoms with Crippen molar-refractivity contribution in [1.29, 1.82) is 0 Å². The van der Waals surface area contributed by atoms with E-state index in [1.807, 2.05) is 38.1 Å². The molecule has 3 N–H and O–H groups in total. The normalized spacial score (nSPS) is 13.6. The van der Waals surface area contributed by atoms with Crippen LogP contribution in [0.25, 0.3) is 5.57 Å². The molecule has 0 radical (unpaired) electrons. The van der Waals surface area contributed by atoms with Gasteiger partial charge in [0.2, 0.25) is 5.95 Å². The summed E-state index contributed by atoms with van der Waals surface area (Å²) in [5, 5.41) is 14.0. The van der Waals surface area contributed by atoms with E-state index in [1.165, 1.54) is 24.0 Å². The van der Waals surface area contributed by atoms with Crippen LogP contribution in [0.5, 0.6) is 0 Å². The number of rotatable bonds is 10. The van der Waals surface area contributed by atoms with Crippen LogP contribution in [0.15, 0.2) is 54.8 Å². The molecule has 32 heavy (non-hydrogen) atoms. The Kier molecular flexibility index (Phi) is 6.59. The van der Waals surface area contributed by atoms with Crippen molar-refractivity contribution >= 4 is 36.5 Å². The van der Waals surface area contributed by atoms with Gasteiger partial charge in [0.05, 0.1) is 13.2 Å². The molecule has 0 bridgehead atoms. The first-order chi connectivity index (χ1) is 15.5. The van der Waals surface area contributed by atoms with E-state index in [0.717, 1.165) is 28.4 Å². The smallest absolute Gasteiger partial charge is 0.225 e. The first kappa shape index (κ1) is 21.7. The lowest BCUT2D eigenvalue weighted by atomic mass is 9.87. The molecule has 1 aliphatic carbocycles. The van der Waals surface area contributed by atoms with Crippen LogP contribution in [-0.4, -0.2) is 41.2 Å². The second-order valence-electron chi connectivity index (χ2n) is 8.06. The van der Waals surface area contributed by atoms with Crippen molar-refractivity contribution in [3.05, 3.63) is 71.8 Å². The predicted octanol–water partition coefficient (Wildman–Crippen LogP) is 3.43. The van der Waals surface area contributed by atoms with E-state index in [1.54, 1.807) is 0 Å². The molecule has 8 heteroatoms. The average Bonchev–Trinajstić information content (AvgIpc) is 3.51. The standard InChI is InChI=1S/C24H29BN6O/c1-4-32-18(11-15(2)19-7-5-6-8-20(19)25)14-26-24-27-16(3)12-22(29-24)28-23-13-21(30-31-23)17-9-10-17/h5-8,11-13,17H,2,4,9-10,14,25H2,1,3H3,(H3,26,27,28,29,30,31)/b18-11-. The number of ether oxygens (including phenoxy) is 1. The Balaban J connectivity index is 1.44. The van der Waals surface area contributed by atoms with E-state index in [9.17, 15) is 0 Å². The number of hydrogen-bond donors (Lipinski definition) is 3. The third-order valence-corrected chi connectivity index (χ3v) is 5.30. The molecule has 0 spiro atoms. The maximum absolute atomic E-state index is 5.84. The molecule has 0 saturated heterocycles. The highest BCUT2D eigenvalue weighted by molar-refractivity contribution is 6.34. The molecule has 164 valence electrons. The molecule has 2 aromatic heterocycles. The Morgan fingerprint density at radius 1 is 1.25 bits per heavy atom. The van der Waals surface area contributed by atoms with Crippen molar-refractivity contribution in [3.8, 4) is 0 Å². The van der Waals surface area contributed by atoms with Crippen LogP contribution in [0, 0.1) is 6.92 Å². The number of nitrogens with one attached hydrogen (secondary N) is 3. The Morgan fingerprint density at radius 2 is 2.06 bits per heavy atom. The fourth-order valence-electron chi connectivity index (χ4n) is 3.55. The summed E-state index contributed by atoms with van der Waals surface area (Å²) in [5.41, 5.74) is 5.23. The molecular weight excluding hydrogens is 399 g/mol. The van der Waals surface area contributed by atoms with Crippen molar-refractivity contribution in [2.45, 2.75) is 32.6 Å². The van der Waals surface area contributed by atoms with Crippen molar-refractivity contribution in [2.24, 2.45) is 0 Å². The lowest BCUT2D eigenvalue weighted by Gasteiger charge is -2.13. The number of H-pyrrole nitrogens is 1. The first-order valence-corrected chi connectivity index (χ1v) is 11.0. The fourth-order valence-corrected chi connectivity index (χ4v) is 3.55. The Hall–Kier alpha value is -3.55. The molecular formula is C24H29BN6O. The maximum atomic E-state index is 5.84. The van der Waals surface area contributed by atoms with Crippen LogP contribution in [0.4, 0.5) is 17.6 Å². The predicted molar refractivity (Wildman–Crippen MR) is 132 cm³/mol. The van der Waals surface area contributed by atoms with E-state index < -0.39 is 0 Å². The molecule has 1 saturated carbocycles. The summed E-state index contributed by atoms with van der Waals surface area (Å²) in [5.74, 6) is 3.39. The van der Waals surface area contributed by atoms with Crippen molar-refractivity contribution in [1.82, 2.24) is 20.2 Å². The van der Waals surface area contributed by atoms with E-state index in [0.29, 0.717) is 30.8 Å². The van der Waals surface area contributed by atoms with Crippen LogP contribution in [0.2, 0.25) is 0 Å². The van der Waals surface area contributed by atoms with Gasteiger partial charge in [0, 0.05) is 29.4 Å². The maximum Gasteiger partial charge on any atom is 0.225 e. The van der Waals surface area contributed by atoms with Gasteiger partial charge in [-0.1, -0.05) is 36.3 Å². The van der Waals surface area contributed by atoms with Gasteiger partial charge in [0.25, 0.3) is 0 Å². The number of hydrogen-bond acceptors (Lipinski definition) is 6. The van der Waals surface area contributed by atoms with Crippen molar-refractivity contribution < 1.29 is 4.74 Å². The fraction of sp³-hybridized carbons (Fsp3) is 0.292. The van der Waals surface area contributed by atoms with Gasteiger partial charge in [0.1, 0.15) is 19.4 Å².